The lowest BCUT2D eigenvalue weighted by Crippen LogP contribution is -2.38. The van der Waals surface area contributed by atoms with Crippen LogP contribution in [0.3, 0.4) is 0 Å². The summed E-state index contributed by atoms with van der Waals surface area (Å²) >= 11 is 0. The van der Waals surface area contributed by atoms with Gasteiger partial charge in [0, 0.05) is 6.08 Å². The van der Waals surface area contributed by atoms with Crippen LogP contribution in [0.5, 0.6) is 17.2 Å². The van der Waals surface area contributed by atoms with E-state index in [9.17, 15) is 4.79 Å². The van der Waals surface area contributed by atoms with Gasteiger partial charge >= 0.3 is 0 Å². The molecule has 0 aromatic heterocycles. The number of fused-ring (bicyclic) bond motifs is 1. The summed E-state index contributed by atoms with van der Waals surface area (Å²) in [4.78, 5) is 21.9. The third-order valence-electron chi connectivity index (χ3n) is 4.98. The molecule has 0 saturated carbocycles. The fourth-order valence-electron chi connectivity index (χ4n) is 3.59. The Morgan fingerprint density at radius 2 is 1.76 bits per heavy atom. The number of benzene rings is 2. The molecule has 0 unspecified atom stereocenters. The number of hydrogen-bond acceptors (Lipinski definition) is 6. The van der Waals surface area contributed by atoms with Crippen LogP contribution in [0.25, 0.3) is 6.08 Å². The summed E-state index contributed by atoms with van der Waals surface area (Å²) in [7, 11) is 1.54. The number of aryl methyl sites for hydroxylation is 2. The predicted octanol–water partition coefficient (Wildman–Crippen LogP) is 4.22. The molecule has 0 radical (unpaired) electrons. The van der Waals surface area contributed by atoms with Crippen LogP contribution in [0.2, 0.25) is 0 Å². The molecule has 170 valence electrons. The van der Waals surface area contributed by atoms with E-state index in [-0.39, 0.29) is 11.4 Å². The molecule has 8 nitrogen and oxygen atoms in total. The third kappa shape index (κ3) is 4.90. The first-order chi connectivity index (χ1) is 15.8. The maximum absolute atomic E-state index is 12.4. The molecule has 0 bridgehead atoms. The number of amides is 1. The van der Waals surface area contributed by atoms with Gasteiger partial charge in [0.25, 0.3) is 5.91 Å². The minimum atomic E-state index is -0.497. The first-order valence-corrected chi connectivity index (χ1v) is 10.5. The van der Waals surface area contributed by atoms with E-state index in [2.05, 4.69) is 11.1 Å². The second-order valence-electron chi connectivity index (χ2n) is 7.75. The highest BCUT2D eigenvalue weighted by Gasteiger charge is 2.34. The van der Waals surface area contributed by atoms with Crippen molar-refractivity contribution in [1.29, 1.82) is 5.41 Å². The van der Waals surface area contributed by atoms with Gasteiger partial charge in [0.05, 0.1) is 12.7 Å². The second-order valence-corrected chi connectivity index (χ2v) is 7.75. The molecule has 0 fully saturated rings. The number of ether oxygens (including phenoxy) is 3. The van der Waals surface area contributed by atoms with Crippen LogP contribution in [0, 0.1) is 19.3 Å². The number of rotatable bonds is 7. The molecule has 0 aliphatic carbocycles. The maximum Gasteiger partial charge on any atom is 0.282 e. The molecule has 4 rings (SSSR count). The van der Waals surface area contributed by atoms with E-state index in [1.54, 1.807) is 44.4 Å². The van der Waals surface area contributed by atoms with Crippen molar-refractivity contribution in [2.24, 2.45) is 4.99 Å². The molecule has 2 heterocycles. The molecule has 8 heteroatoms. The highest BCUT2D eigenvalue weighted by Crippen LogP contribution is 2.30. The lowest BCUT2D eigenvalue weighted by atomic mass is 10.1. The topological polar surface area (TPSA) is 93.4 Å². The fraction of sp³-hybridized carbons (Fsp3) is 0.240. The second kappa shape index (κ2) is 9.20. The SMILES string of the molecule is COc1cc(/C=C2\C(=N)N3OC(C)=CC3=NC2=O)ccc1OCCOc1cc(C)cc(C)c1. The van der Waals surface area contributed by atoms with Gasteiger partial charge < -0.3 is 19.0 Å². The van der Waals surface area contributed by atoms with Crippen molar-refractivity contribution in [1.82, 2.24) is 5.06 Å². The van der Waals surface area contributed by atoms with Crippen molar-refractivity contribution in [2.45, 2.75) is 20.8 Å². The van der Waals surface area contributed by atoms with Crippen LogP contribution in [0.15, 0.2) is 58.8 Å². The average molecular weight is 447 g/mol. The molecule has 0 spiro atoms. The number of carbonyl (C=O) groups excluding carboxylic acids is 1. The number of methoxy groups -OCH3 is 1. The predicted molar refractivity (Wildman–Crippen MR) is 125 cm³/mol. The van der Waals surface area contributed by atoms with E-state index in [1.807, 2.05) is 26.0 Å². The third-order valence-corrected chi connectivity index (χ3v) is 4.98. The van der Waals surface area contributed by atoms with Crippen molar-refractivity contribution in [3.8, 4) is 17.2 Å². The molecular formula is C25H25N3O5. The maximum atomic E-state index is 12.4. The number of carbonyl (C=O) groups is 1. The van der Waals surface area contributed by atoms with Gasteiger partial charge in [-0.2, -0.15) is 4.99 Å². The van der Waals surface area contributed by atoms with Gasteiger partial charge in [-0.15, -0.1) is 5.06 Å². The summed E-state index contributed by atoms with van der Waals surface area (Å²) in [5, 5.41) is 9.55. The van der Waals surface area contributed by atoms with Gasteiger partial charge in [-0.3, -0.25) is 10.2 Å². The lowest BCUT2D eigenvalue weighted by molar-refractivity contribution is -0.114. The quantitative estimate of drug-likeness (QED) is 0.505. The summed E-state index contributed by atoms with van der Waals surface area (Å²) in [5.41, 5.74) is 3.08. The molecule has 1 N–H and O–H groups in total. The summed E-state index contributed by atoms with van der Waals surface area (Å²) in [6.07, 6.45) is 3.19. The van der Waals surface area contributed by atoms with Crippen LogP contribution in [0.4, 0.5) is 0 Å². The monoisotopic (exact) mass is 447 g/mol. The first-order valence-electron chi connectivity index (χ1n) is 10.5. The van der Waals surface area contributed by atoms with Crippen molar-refractivity contribution in [2.75, 3.05) is 20.3 Å². The minimum absolute atomic E-state index is 0.0686. The normalized spacial score (nSPS) is 16.2. The number of amidine groups is 2. The molecule has 2 aromatic rings. The molecule has 2 aliphatic heterocycles. The van der Waals surface area contributed by atoms with Crippen molar-refractivity contribution in [3.05, 3.63) is 70.5 Å². The van der Waals surface area contributed by atoms with Crippen LogP contribution in [-0.4, -0.2) is 43.0 Å². The Hall–Kier alpha value is -4.07. The highest BCUT2D eigenvalue weighted by molar-refractivity contribution is 6.32. The van der Waals surface area contributed by atoms with Crippen LogP contribution < -0.4 is 14.2 Å². The zero-order valence-corrected chi connectivity index (χ0v) is 19.0. The van der Waals surface area contributed by atoms with Gasteiger partial charge in [0.15, 0.2) is 23.2 Å². The zero-order chi connectivity index (χ0) is 23.5. The van der Waals surface area contributed by atoms with Crippen LogP contribution in [0.1, 0.15) is 23.6 Å². The lowest BCUT2D eigenvalue weighted by Gasteiger charge is -2.23. The molecule has 1 amide bonds. The fourth-order valence-corrected chi connectivity index (χ4v) is 3.59. The summed E-state index contributed by atoms with van der Waals surface area (Å²) in [6, 6.07) is 11.3. The van der Waals surface area contributed by atoms with E-state index >= 15 is 0 Å². The van der Waals surface area contributed by atoms with Crippen molar-refractivity contribution in [3.63, 3.8) is 0 Å². The van der Waals surface area contributed by atoms with Gasteiger partial charge in [0.2, 0.25) is 0 Å². The smallest absolute Gasteiger partial charge is 0.282 e. The number of nitrogens with zero attached hydrogens (tertiary/aromatic N) is 2. The highest BCUT2D eigenvalue weighted by atomic mass is 16.7. The Morgan fingerprint density at radius 1 is 1.03 bits per heavy atom. The van der Waals surface area contributed by atoms with Gasteiger partial charge in [-0.05, 0) is 67.8 Å². The Bertz CT molecular complexity index is 1190. The first kappa shape index (κ1) is 22.1. The molecule has 2 aliphatic rings. The Kier molecular flexibility index (Phi) is 6.17. The Morgan fingerprint density at radius 3 is 2.48 bits per heavy atom. The van der Waals surface area contributed by atoms with E-state index < -0.39 is 5.91 Å². The summed E-state index contributed by atoms with van der Waals surface area (Å²) in [5.74, 6) is 2.18. The summed E-state index contributed by atoms with van der Waals surface area (Å²) in [6.45, 7) is 6.51. The number of aliphatic imine (C=N–C) groups is 1. The largest absolute Gasteiger partial charge is 0.493 e. The zero-order valence-electron chi connectivity index (χ0n) is 19.0. The number of allylic oxidation sites excluding steroid dienone is 1. The van der Waals surface area contributed by atoms with Crippen molar-refractivity contribution < 1.29 is 23.8 Å². The Balaban J connectivity index is 1.43. The van der Waals surface area contributed by atoms with E-state index in [1.165, 1.54) is 5.06 Å². The van der Waals surface area contributed by atoms with Crippen molar-refractivity contribution >= 4 is 23.7 Å². The van der Waals surface area contributed by atoms with E-state index in [0.29, 0.717) is 41.9 Å². The standard InChI is InChI=1S/C25H25N3O5/c1-15-9-16(2)11-19(10-15)31-7-8-32-21-6-5-18(14-22(21)30-4)13-20-24(26)28-23(27-25(20)29)12-17(3)33-28/h5-6,9-14,26H,7-8H2,1-4H3/b20-13+,26-24?. The van der Waals surface area contributed by atoms with E-state index in [4.69, 9.17) is 24.5 Å². The number of hydroxylamine groups is 2. The average Bonchev–Trinajstić information content (AvgIpc) is 3.14. The number of hydrogen-bond donors (Lipinski definition) is 1. The number of nitrogens with one attached hydrogen (secondary N) is 1. The van der Waals surface area contributed by atoms with Gasteiger partial charge in [0.1, 0.15) is 24.7 Å². The van der Waals surface area contributed by atoms with Gasteiger partial charge in [-0.1, -0.05) is 12.1 Å². The summed E-state index contributed by atoms with van der Waals surface area (Å²) < 4.78 is 17.1. The molecular weight excluding hydrogens is 422 g/mol. The van der Waals surface area contributed by atoms with Crippen LogP contribution >= 0.6 is 0 Å². The molecule has 0 atom stereocenters. The van der Waals surface area contributed by atoms with Crippen LogP contribution in [-0.2, 0) is 9.63 Å². The molecule has 0 saturated heterocycles. The Labute approximate surface area is 192 Å². The molecule has 2 aromatic carbocycles. The molecule has 33 heavy (non-hydrogen) atoms. The van der Waals surface area contributed by atoms with Gasteiger partial charge in [-0.25, -0.2) is 0 Å². The minimum Gasteiger partial charge on any atom is -0.493 e. The van der Waals surface area contributed by atoms with E-state index in [0.717, 1.165) is 16.9 Å².